The van der Waals surface area contributed by atoms with Gasteiger partial charge in [-0.3, -0.25) is 14.2 Å². The first-order valence-corrected chi connectivity index (χ1v) is 10.7. The van der Waals surface area contributed by atoms with E-state index in [0.717, 1.165) is 38.6 Å². The summed E-state index contributed by atoms with van der Waals surface area (Å²) in [6, 6.07) is 8.07. The van der Waals surface area contributed by atoms with Crippen LogP contribution in [0.15, 0.2) is 35.4 Å². The summed E-state index contributed by atoms with van der Waals surface area (Å²) in [6.07, 6.45) is 3.09. The normalized spacial score (nSPS) is 11.4. The van der Waals surface area contributed by atoms with Crippen LogP contribution in [0.4, 0.5) is 0 Å². The maximum atomic E-state index is 12.6. The quantitative estimate of drug-likeness (QED) is 0.492. The lowest BCUT2D eigenvalue weighted by Crippen LogP contribution is -2.33. The first-order valence-electron chi connectivity index (χ1n) is 9.09. The molecule has 0 aliphatic carbocycles. The first kappa shape index (κ1) is 18.8. The van der Waals surface area contributed by atoms with E-state index < -0.39 is 0 Å². The summed E-state index contributed by atoms with van der Waals surface area (Å²) in [7, 11) is 0. The van der Waals surface area contributed by atoms with Gasteiger partial charge in [0.15, 0.2) is 0 Å². The number of nitrogens with zero attached hydrogens (tertiary/aromatic N) is 3. The molecular weight excluding hydrogens is 392 g/mol. The Morgan fingerprint density at radius 3 is 2.86 bits per heavy atom. The van der Waals surface area contributed by atoms with Crippen LogP contribution in [0.1, 0.15) is 21.9 Å². The van der Waals surface area contributed by atoms with Gasteiger partial charge in [-0.15, -0.1) is 22.7 Å². The summed E-state index contributed by atoms with van der Waals surface area (Å²) in [4.78, 5) is 35.6. The lowest BCUT2D eigenvalue weighted by Gasteiger charge is -2.07. The van der Waals surface area contributed by atoms with E-state index in [4.69, 9.17) is 0 Å². The zero-order chi connectivity index (χ0) is 19.7. The Morgan fingerprint density at radius 1 is 1.21 bits per heavy atom. The molecule has 28 heavy (non-hydrogen) atoms. The molecule has 3 aromatic heterocycles. The molecule has 0 radical (unpaired) electrons. The molecule has 0 aliphatic rings. The Morgan fingerprint density at radius 2 is 2.04 bits per heavy atom. The molecule has 0 unspecified atom stereocenters. The van der Waals surface area contributed by atoms with Gasteiger partial charge in [-0.1, -0.05) is 12.1 Å². The first-order chi connectivity index (χ1) is 13.5. The Labute approximate surface area is 169 Å². The number of rotatable bonds is 6. The van der Waals surface area contributed by atoms with Crippen molar-refractivity contribution in [2.75, 3.05) is 6.54 Å². The van der Waals surface area contributed by atoms with Gasteiger partial charge in [-0.05, 0) is 38.0 Å². The van der Waals surface area contributed by atoms with Crippen LogP contribution in [0.25, 0.3) is 20.4 Å². The summed E-state index contributed by atoms with van der Waals surface area (Å²) < 4.78 is 2.56. The molecule has 0 spiro atoms. The number of carbonyl (C=O) groups excluding carboxylic acids is 1. The molecule has 0 saturated heterocycles. The molecule has 8 heteroatoms. The van der Waals surface area contributed by atoms with Gasteiger partial charge in [0, 0.05) is 17.8 Å². The molecule has 6 nitrogen and oxygen atoms in total. The Balaban J connectivity index is 1.33. The maximum Gasteiger partial charge on any atom is 0.262 e. The van der Waals surface area contributed by atoms with Crippen LogP contribution < -0.4 is 10.9 Å². The molecule has 0 fully saturated rings. The standard InChI is InChI=1S/C20H20N4O2S2/c1-12-13(2)27-19-18(12)20(26)24(11-22-19)10-16(25)21-9-5-8-17-23-14-6-3-4-7-15(14)28-17/h3-4,6-7,11H,5,8-10H2,1-2H3,(H,21,25). The van der Waals surface area contributed by atoms with Crippen molar-refractivity contribution in [3.63, 3.8) is 0 Å². The fraction of sp³-hybridized carbons (Fsp3) is 0.300. The number of amides is 1. The highest BCUT2D eigenvalue weighted by Crippen LogP contribution is 2.25. The molecule has 1 amide bonds. The van der Waals surface area contributed by atoms with Crippen molar-refractivity contribution in [1.82, 2.24) is 19.9 Å². The number of fused-ring (bicyclic) bond motifs is 2. The Hall–Kier alpha value is -2.58. The zero-order valence-corrected chi connectivity index (χ0v) is 17.3. The highest BCUT2D eigenvalue weighted by atomic mass is 32.1. The van der Waals surface area contributed by atoms with E-state index in [9.17, 15) is 9.59 Å². The van der Waals surface area contributed by atoms with E-state index in [2.05, 4.69) is 21.4 Å². The third-order valence-corrected chi connectivity index (χ3v) is 6.91. The lowest BCUT2D eigenvalue weighted by molar-refractivity contribution is -0.121. The van der Waals surface area contributed by atoms with E-state index in [1.807, 2.05) is 32.0 Å². The van der Waals surface area contributed by atoms with E-state index >= 15 is 0 Å². The van der Waals surface area contributed by atoms with Gasteiger partial charge >= 0.3 is 0 Å². The molecule has 0 saturated carbocycles. The highest BCUT2D eigenvalue weighted by molar-refractivity contribution is 7.19. The average Bonchev–Trinajstić information content (AvgIpc) is 3.22. The van der Waals surface area contributed by atoms with E-state index in [-0.39, 0.29) is 18.0 Å². The molecular formula is C20H20N4O2S2. The minimum Gasteiger partial charge on any atom is -0.355 e. The molecule has 4 rings (SSSR count). The molecule has 0 aliphatic heterocycles. The molecule has 144 valence electrons. The molecule has 0 atom stereocenters. The molecule has 3 heterocycles. The molecule has 0 bridgehead atoms. The number of nitrogens with one attached hydrogen (secondary N) is 1. The second kappa shape index (κ2) is 7.81. The van der Waals surface area contributed by atoms with Gasteiger partial charge in [-0.2, -0.15) is 0 Å². The number of aryl methyl sites for hydroxylation is 3. The highest BCUT2D eigenvalue weighted by Gasteiger charge is 2.13. The number of para-hydroxylation sites is 1. The maximum absolute atomic E-state index is 12.6. The average molecular weight is 413 g/mol. The van der Waals surface area contributed by atoms with Crippen LogP contribution in [0, 0.1) is 13.8 Å². The van der Waals surface area contributed by atoms with Gasteiger partial charge in [0.1, 0.15) is 11.4 Å². The lowest BCUT2D eigenvalue weighted by atomic mass is 10.2. The minimum atomic E-state index is -0.183. The van der Waals surface area contributed by atoms with Gasteiger partial charge in [0.2, 0.25) is 5.91 Å². The Bertz CT molecular complexity index is 1190. The predicted octanol–water partition coefficient (Wildman–Crippen LogP) is 3.43. The van der Waals surface area contributed by atoms with Crippen LogP contribution >= 0.6 is 22.7 Å². The van der Waals surface area contributed by atoms with Crippen molar-refractivity contribution in [3.05, 3.63) is 56.4 Å². The number of hydrogen-bond acceptors (Lipinski definition) is 6. The van der Waals surface area contributed by atoms with Crippen molar-refractivity contribution in [3.8, 4) is 0 Å². The van der Waals surface area contributed by atoms with Crippen molar-refractivity contribution in [2.24, 2.45) is 0 Å². The number of thiophene rings is 1. The van der Waals surface area contributed by atoms with Crippen LogP contribution in [0.2, 0.25) is 0 Å². The van der Waals surface area contributed by atoms with Crippen molar-refractivity contribution < 1.29 is 4.79 Å². The van der Waals surface area contributed by atoms with Gasteiger partial charge in [0.05, 0.1) is 26.9 Å². The second-order valence-corrected chi connectivity index (χ2v) is 8.99. The van der Waals surface area contributed by atoms with Crippen molar-refractivity contribution in [1.29, 1.82) is 0 Å². The Kier molecular flexibility index (Phi) is 5.23. The monoisotopic (exact) mass is 412 g/mol. The number of thiazole rings is 1. The summed E-state index contributed by atoms with van der Waals surface area (Å²) in [5.41, 5.74) is 1.81. The van der Waals surface area contributed by atoms with E-state index in [1.165, 1.54) is 26.9 Å². The fourth-order valence-electron chi connectivity index (χ4n) is 3.09. The molecule has 1 aromatic carbocycles. The number of benzene rings is 1. The summed E-state index contributed by atoms with van der Waals surface area (Å²) in [5, 5.41) is 4.58. The van der Waals surface area contributed by atoms with Crippen LogP contribution in [-0.4, -0.2) is 27.0 Å². The molecule has 1 N–H and O–H groups in total. The summed E-state index contributed by atoms with van der Waals surface area (Å²) in [5.74, 6) is -0.183. The third-order valence-electron chi connectivity index (χ3n) is 4.70. The molecule has 4 aromatic rings. The zero-order valence-electron chi connectivity index (χ0n) is 15.7. The van der Waals surface area contributed by atoms with Crippen LogP contribution in [0.3, 0.4) is 0 Å². The summed E-state index contributed by atoms with van der Waals surface area (Å²) in [6.45, 7) is 4.43. The number of hydrogen-bond donors (Lipinski definition) is 1. The van der Waals surface area contributed by atoms with Crippen molar-refractivity contribution in [2.45, 2.75) is 33.2 Å². The van der Waals surface area contributed by atoms with Crippen molar-refractivity contribution >= 4 is 49.0 Å². The second-order valence-electron chi connectivity index (χ2n) is 6.67. The number of carbonyl (C=O) groups is 1. The summed E-state index contributed by atoms with van der Waals surface area (Å²) >= 11 is 3.20. The minimum absolute atomic E-state index is 0.0166. The largest absolute Gasteiger partial charge is 0.355 e. The SMILES string of the molecule is Cc1sc2ncn(CC(=O)NCCCc3nc4ccccc4s3)c(=O)c2c1C. The van der Waals surface area contributed by atoms with Crippen LogP contribution in [0.5, 0.6) is 0 Å². The van der Waals surface area contributed by atoms with E-state index in [0.29, 0.717) is 11.9 Å². The smallest absolute Gasteiger partial charge is 0.262 e. The fourth-order valence-corrected chi connectivity index (χ4v) is 5.08. The topological polar surface area (TPSA) is 76.9 Å². The van der Waals surface area contributed by atoms with Gasteiger partial charge in [-0.25, -0.2) is 9.97 Å². The predicted molar refractivity (Wildman–Crippen MR) is 114 cm³/mol. The number of aromatic nitrogens is 3. The van der Waals surface area contributed by atoms with Gasteiger partial charge < -0.3 is 5.32 Å². The van der Waals surface area contributed by atoms with Crippen LogP contribution in [-0.2, 0) is 17.8 Å². The third kappa shape index (κ3) is 3.70. The van der Waals surface area contributed by atoms with Gasteiger partial charge in [0.25, 0.3) is 5.56 Å². The van der Waals surface area contributed by atoms with E-state index in [1.54, 1.807) is 11.3 Å².